The summed E-state index contributed by atoms with van der Waals surface area (Å²) in [4.78, 5) is 33.8. The van der Waals surface area contributed by atoms with Gasteiger partial charge in [-0.25, -0.2) is 0 Å². The second-order valence-electron chi connectivity index (χ2n) is 5.47. The molecule has 1 atom stereocenters. The molecule has 1 aliphatic rings. The third-order valence-electron chi connectivity index (χ3n) is 3.73. The zero-order valence-electron chi connectivity index (χ0n) is 12.7. The largest absolute Gasteiger partial charge is 0.488 e. The second kappa shape index (κ2) is 6.53. The standard InChI is InChI=1S/C16H15N3O5/c20-15(10-18-9-12(19(22)23)5-6-16(18)21)17-8-13-7-11-3-1-2-4-14(11)24-13/h1-6,9,13H,7-8,10H2,(H,17,20). The Morgan fingerprint density at radius 2 is 2.12 bits per heavy atom. The molecule has 1 aromatic heterocycles. The Bertz CT molecular complexity index is 821. The summed E-state index contributed by atoms with van der Waals surface area (Å²) in [6.07, 6.45) is 1.60. The number of hydrogen-bond donors (Lipinski definition) is 1. The first-order chi connectivity index (χ1) is 11.5. The Hall–Kier alpha value is -3.16. The van der Waals surface area contributed by atoms with Crippen molar-refractivity contribution in [3.63, 3.8) is 0 Å². The van der Waals surface area contributed by atoms with E-state index < -0.39 is 16.4 Å². The molecule has 3 rings (SSSR count). The monoisotopic (exact) mass is 329 g/mol. The molecule has 0 saturated carbocycles. The highest BCUT2D eigenvalue weighted by Gasteiger charge is 2.22. The maximum atomic E-state index is 12.0. The number of carbonyl (C=O) groups is 1. The second-order valence-corrected chi connectivity index (χ2v) is 5.47. The van der Waals surface area contributed by atoms with E-state index in [1.165, 1.54) is 0 Å². The lowest BCUT2D eigenvalue weighted by atomic mass is 10.1. The van der Waals surface area contributed by atoms with Gasteiger partial charge in [0.15, 0.2) is 0 Å². The van der Waals surface area contributed by atoms with E-state index in [1.54, 1.807) is 0 Å². The number of ether oxygens (including phenoxy) is 1. The highest BCUT2D eigenvalue weighted by Crippen LogP contribution is 2.27. The maximum Gasteiger partial charge on any atom is 0.285 e. The number of para-hydroxylation sites is 1. The van der Waals surface area contributed by atoms with E-state index in [9.17, 15) is 19.7 Å². The molecule has 1 amide bonds. The smallest absolute Gasteiger partial charge is 0.285 e. The predicted octanol–water partition coefficient (Wildman–Crippen LogP) is 0.876. The van der Waals surface area contributed by atoms with Crippen LogP contribution in [0.15, 0.2) is 47.4 Å². The Kier molecular flexibility index (Phi) is 4.28. The van der Waals surface area contributed by atoms with Gasteiger partial charge in [-0.3, -0.25) is 24.3 Å². The fourth-order valence-corrected chi connectivity index (χ4v) is 2.56. The van der Waals surface area contributed by atoms with Crippen LogP contribution in [0, 0.1) is 10.1 Å². The van der Waals surface area contributed by atoms with Crippen molar-refractivity contribution in [3.8, 4) is 5.75 Å². The van der Waals surface area contributed by atoms with E-state index in [0.29, 0.717) is 13.0 Å². The maximum absolute atomic E-state index is 12.0. The summed E-state index contributed by atoms with van der Waals surface area (Å²) in [5.41, 5.74) is 0.379. The number of pyridine rings is 1. The number of fused-ring (bicyclic) bond motifs is 1. The fourth-order valence-electron chi connectivity index (χ4n) is 2.56. The van der Waals surface area contributed by atoms with Crippen LogP contribution in [0.4, 0.5) is 5.69 Å². The van der Waals surface area contributed by atoms with Crippen molar-refractivity contribution in [3.05, 3.63) is 68.6 Å². The van der Waals surface area contributed by atoms with Crippen LogP contribution < -0.4 is 15.6 Å². The van der Waals surface area contributed by atoms with Gasteiger partial charge >= 0.3 is 0 Å². The van der Waals surface area contributed by atoms with Crippen LogP contribution in [0.3, 0.4) is 0 Å². The van der Waals surface area contributed by atoms with Gasteiger partial charge in [-0.2, -0.15) is 0 Å². The number of rotatable bonds is 5. The molecule has 0 saturated heterocycles. The summed E-state index contributed by atoms with van der Waals surface area (Å²) in [6.45, 7) is 0.0252. The molecule has 2 heterocycles. The highest BCUT2D eigenvalue weighted by atomic mass is 16.6. The van der Waals surface area contributed by atoms with E-state index in [2.05, 4.69) is 5.32 Å². The Morgan fingerprint density at radius 3 is 2.88 bits per heavy atom. The average molecular weight is 329 g/mol. The van der Waals surface area contributed by atoms with Crippen molar-refractivity contribution in [1.29, 1.82) is 0 Å². The van der Waals surface area contributed by atoms with Crippen LogP contribution in [0.1, 0.15) is 5.56 Å². The SMILES string of the molecule is O=C(Cn1cc([N+](=O)[O-])ccc1=O)NCC1Cc2ccccc2O1. The summed E-state index contributed by atoms with van der Waals surface area (Å²) in [7, 11) is 0. The molecule has 0 fully saturated rings. The van der Waals surface area contributed by atoms with Gasteiger partial charge < -0.3 is 10.1 Å². The van der Waals surface area contributed by atoms with E-state index >= 15 is 0 Å². The molecule has 8 heteroatoms. The summed E-state index contributed by atoms with van der Waals surface area (Å²) in [5, 5.41) is 13.4. The minimum absolute atomic E-state index is 0.159. The Labute approximate surface area is 136 Å². The van der Waals surface area contributed by atoms with Crippen LogP contribution >= 0.6 is 0 Å². The fraction of sp³-hybridized carbons (Fsp3) is 0.250. The van der Waals surface area contributed by atoms with Crippen LogP contribution in [0.2, 0.25) is 0 Å². The van der Waals surface area contributed by atoms with Crippen molar-refractivity contribution >= 4 is 11.6 Å². The third-order valence-corrected chi connectivity index (χ3v) is 3.73. The molecule has 0 spiro atoms. The van der Waals surface area contributed by atoms with Crippen molar-refractivity contribution in [2.75, 3.05) is 6.54 Å². The number of nitrogens with one attached hydrogen (secondary N) is 1. The molecule has 0 aliphatic carbocycles. The summed E-state index contributed by atoms with van der Waals surface area (Å²) in [6, 6.07) is 9.84. The number of aromatic nitrogens is 1. The molecule has 1 aliphatic heterocycles. The first kappa shape index (κ1) is 15.7. The molecule has 0 radical (unpaired) electrons. The normalized spacial score (nSPS) is 15.4. The van der Waals surface area contributed by atoms with E-state index in [-0.39, 0.29) is 18.3 Å². The van der Waals surface area contributed by atoms with Gasteiger partial charge in [0.25, 0.3) is 11.2 Å². The zero-order chi connectivity index (χ0) is 17.1. The number of nitrogens with zero attached hydrogens (tertiary/aromatic N) is 2. The summed E-state index contributed by atoms with van der Waals surface area (Å²) >= 11 is 0. The van der Waals surface area contributed by atoms with Gasteiger partial charge in [-0.1, -0.05) is 18.2 Å². The number of carbonyl (C=O) groups excluding carboxylic acids is 1. The number of amides is 1. The molecule has 1 N–H and O–H groups in total. The van der Waals surface area contributed by atoms with Gasteiger partial charge in [-0.05, 0) is 11.6 Å². The molecule has 1 aromatic carbocycles. The van der Waals surface area contributed by atoms with Crippen molar-refractivity contribution in [1.82, 2.24) is 9.88 Å². The zero-order valence-corrected chi connectivity index (χ0v) is 12.7. The van der Waals surface area contributed by atoms with E-state index in [0.717, 1.165) is 34.2 Å². The molecule has 8 nitrogen and oxygen atoms in total. The third kappa shape index (κ3) is 3.43. The lowest BCUT2D eigenvalue weighted by Gasteiger charge is -2.12. The number of benzene rings is 1. The van der Waals surface area contributed by atoms with Crippen molar-refractivity contribution in [2.45, 2.75) is 19.1 Å². The van der Waals surface area contributed by atoms with Crippen LogP contribution in [0.5, 0.6) is 5.75 Å². The van der Waals surface area contributed by atoms with Crippen LogP contribution in [-0.2, 0) is 17.8 Å². The number of nitro groups is 1. The van der Waals surface area contributed by atoms with Gasteiger partial charge in [0.1, 0.15) is 18.4 Å². The van der Waals surface area contributed by atoms with Crippen molar-refractivity contribution in [2.24, 2.45) is 0 Å². The Morgan fingerprint density at radius 1 is 1.33 bits per heavy atom. The Balaban J connectivity index is 1.56. The van der Waals surface area contributed by atoms with Gasteiger partial charge in [0, 0.05) is 18.6 Å². The molecular weight excluding hydrogens is 314 g/mol. The molecule has 124 valence electrons. The van der Waals surface area contributed by atoms with Gasteiger partial charge in [-0.15, -0.1) is 0 Å². The topological polar surface area (TPSA) is 103 Å². The molecule has 24 heavy (non-hydrogen) atoms. The summed E-state index contributed by atoms with van der Waals surface area (Å²) < 4.78 is 6.72. The first-order valence-corrected chi connectivity index (χ1v) is 7.39. The molecular formula is C16H15N3O5. The summed E-state index contributed by atoms with van der Waals surface area (Å²) in [5.74, 6) is 0.406. The van der Waals surface area contributed by atoms with E-state index in [4.69, 9.17) is 4.74 Å². The average Bonchev–Trinajstić information content (AvgIpc) is 2.97. The van der Waals surface area contributed by atoms with Gasteiger partial charge in [0.2, 0.25) is 5.91 Å². The lowest BCUT2D eigenvalue weighted by molar-refractivity contribution is -0.385. The molecule has 2 aromatic rings. The van der Waals surface area contributed by atoms with E-state index in [1.807, 2.05) is 24.3 Å². The highest BCUT2D eigenvalue weighted by molar-refractivity contribution is 5.75. The first-order valence-electron chi connectivity index (χ1n) is 7.39. The van der Waals surface area contributed by atoms with Gasteiger partial charge in [0.05, 0.1) is 17.7 Å². The minimum Gasteiger partial charge on any atom is -0.488 e. The molecule has 1 unspecified atom stereocenters. The minimum atomic E-state index is -0.614. The number of hydrogen-bond acceptors (Lipinski definition) is 5. The lowest BCUT2D eigenvalue weighted by Crippen LogP contribution is -2.38. The van der Waals surface area contributed by atoms with Crippen LogP contribution in [-0.4, -0.2) is 28.0 Å². The quantitative estimate of drug-likeness (QED) is 0.648. The predicted molar refractivity (Wildman–Crippen MR) is 84.9 cm³/mol. The van der Waals surface area contributed by atoms with Crippen LogP contribution in [0.25, 0.3) is 0 Å². The molecule has 0 bridgehead atoms. The van der Waals surface area contributed by atoms with Crippen molar-refractivity contribution < 1.29 is 14.5 Å².